The SMILES string of the molecule is CCNc1ccc([N+](=O)[O-])c(-c2ccc(C)s2)n1. The quantitative estimate of drug-likeness (QED) is 0.677. The van der Waals surface area contributed by atoms with Crippen molar-refractivity contribution < 1.29 is 4.92 Å². The number of nitrogens with zero attached hydrogens (tertiary/aromatic N) is 2. The molecule has 1 N–H and O–H groups in total. The van der Waals surface area contributed by atoms with Gasteiger partial charge in [0.1, 0.15) is 5.82 Å². The maximum Gasteiger partial charge on any atom is 0.296 e. The first-order valence-electron chi connectivity index (χ1n) is 5.58. The third-order valence-corrected chi connectivity index (χ3v) is 3.41. The second-order valence-corrected chi connectivity index (χ2v) is 5.05. The fraction of sp³-hybridized carbons (Fsp3) is 0.250. The number of aryl methyl sites for hydroxylation is 1. The molecule has 0 unspecified atom stereocenters. The van der Waals surface area contributed by atoms with Crippen LogP contribution in [-0.2, 0) is 0 Å². The van der Waals surface area contributed by atoms with E-state index in [-0.39, 0.29) is 5.69 Å². The van der Waals surface area contributed by atoms with E-state index in [9.17, 15) is 10.1 Å². The molecule has 0 fully saturated rings. The molecule has 5 nitrogen and oxygen atoms in total. The summed E-state index contributed by atoms with van der Waals surface area (Å²) in [6.07, 6.45) is 0. The van der Waals surface area contributed by atoms with Gasteiger partial charge in [0.15, 0.2) is 5.69 Å². The zero-order valence-corrected chi connectivity index (χ0v) is 11.0. The van der Waals surface area contributed by atoms with E-state index >= 15 is 0 Å². The van der Waals surface area contributed by atoms with Crippen molar-refractivity contribution in [2.45, 2.75) is 13.8 Å². The van der Waals surface area contributed by atoms with Crippen LogP contribution < -0.4 is 5.32 Å². The molecule has 2 heterocycles. The molecule has 6 heteroatoms. The maximum atomic E-state index is 11.0. The number of hydrogen-bond acceptors (Lipinski definition) is 5. The highest BCUT2D eigenvalue weighted by molar-refractivity contribution is 7.15. The molecule has 0 spiro atoms. The molecule has 94 valence electrons. The van der Waals surface area contributed by atoms with Gasteiger partial charge in [-0.25, -0.2) is 4.98 Å². The summed E-state index contributed by atoms with van der Waals surface area (Å²) in [5.74, 6) is 0.657. The molecule has 0 amide bonds. The van der Waals surface area contributed by atoms with Crippen molar-refractivity contribution in [3.8, 4) is 10.6 Å². The number of pyridine rings is 1. The fourth-order valence-corrected chi connectivity index (χ4v) is 2.49. The van der Waals surface area contributed by atoms with Crippen LogP contribution in [0.1, 0.15) is 11.8 Å². The summed E-state index contributed by atoms with van der Waals surface area (Å²) in [5, 5.41) is 14.1. The minimum Gasteiger partial charge on any atom is -0.370 e. The van der Waals surface area contributed by atoms with Crippen LogP contribution in [-0.4, -0.2) is 16.5 Å². The minimum absolute atomic E-state index is 0.0403. The van der Waals surface area contributed by atoms with Gasteiger partial charge >= 0.3 is 0 Å². The van der Waals surface area contributed by atoms with E-state index in [1.54, 1.807) is 6.07 Å². The first-order valence-corrected chi connectivity index (χ1v) is 6.39. The Morgan fingerprint density at radius 1 is 1.39 bits per heavy atom. The average Bonchev–Trinajstić information content (AvgIpc) is 2.76. The zero-order valence-electron chi connectivity index (χ0n) is 10.1. The van der Waals surface area contributed by atoms with E-state index < -0.39 is 4.92 Å². The van der Waals surface area contributed by atoms with E-state index in [0.717, 1.165) is 16.3 Å². The highest BCUT2D eigenvalue weighted by Crippen LogP contribution is 2.33. The summed E-state index contributed by atoms with van der Waals surface area (Å²) in [6.45, 7) is 4.65. The lowest BCUT2D eigenvalue weighted by molar-refractivity contribution is -0.384. The second-order valence-electron chi connectivity index (χ2n) is 3.76. The van der Waals surface area contributed by atoms with Gasteiger partial charge in [0.25, 0.3) is 5.69 Å². The van der Waals surface area contributed by atoms with E-state index in [1.807, 2.05) is 26.0 Å². The Morgan fingerprint density at radius 2 is 2.17 bits per heavy atom. The molecule has 2 aromatic heterocycles. The van der Waals surface area contributed by atoms with Crippen molar-refractivity contribution in [1.82, 2.24) is 4.98 Å². The number of anilines is 1. The summed E-state index contributed by atoms with van der Waals surface area (Å²) < 4.78 is 0. The van der Waals surface area contributed by atoms with Crippen molar-refractivity contribution in [2.75, 3.05) is 11.9 Å². The molecule has 0 saturated carbocycles. The lowest BCUT2D eigenvalue weighted by Gasteiger charge is -2.05. The Kier molecular flexibility index (Phi) is 3.57. The summed E-state index contributed by atoms with van der Waals surface area (Å²) >= 11 is 1.50. The molecule has 2 aromatic rings. The Balaban J connectivity index is 2.53. The number of thiophene rings is 1. The summed E-state index contributed by atoms with van der Waals surface area (Å²) in [6, 6.07) is 6.93. The molecule has 0 aliphatic heterocycles. The lowest BCUT2D eigenvalue weighted by atomic mass is 10.2. The van der Waals surface area contributed by atoms with E-state index in [1.165, 1.54) is 17.4 Å². The predicted octanol–water partition coefficient (Wildman–Crippen LogP) is 3.46. The van der Waals surface area contributed by atoms with Gasteiger partial charge in [-0.05, 0) is 32.0 Å². The molecular weight excluding hydrogens is 250 g/mol. The van der Waals surface area contributed by atoms with Crippen LogP contribution in [0.2, 0.25) is 0 Å². The maximum absolute atomic E-state index is 11.0. The van der Waals surface area contributed by atoms with Gasteiger partial charge in [0.2, 0.25) is 0 Å². The first-order chi connectivity index (χ1) is 8.61. The third kappa shape index (κ3) is 2.48. The molecular formula is C12H13N3O2S. The minimum atomic E-state index is -0.396. The number of nitro groups is 1. The van der Waals surface area contributed by atoms with Crippen molar-refractivity contribution in [1.29, 1.82) is 0 Å². The molecule has 0 aliphatic carbocycles. The monoisotopic (exact) mass is 263 g/mol. The normalized spacial score (nSPS) is 10.3. The van der Waals surface area contributed by atoms with Crippen LogP contribution in [0.25, 0.3) is 10.6 Å². The molecule has 18 heavy (non-hydrogen) atoms. The van der Waals surface area contributed by atoms with Gasteiger partial charge in [-0.15, -0.1) is 11.3 Å². The lowest BCUT2D eigenvalue weighted by Crippen LogP contribution is -2.01. The van der Waals surface area contributed by atoms with Crippen LogP contribution in [0, 0.1) is 17.0 Å². The van der Waals surface area contributed by atoms with Crippen LogP contribution in [0.5, 0.6) is 0 Å². The van der Waals surface area contributed by atoms with Crippen molar-refractivity contribution in [3.05, 3.63) is 39.3 Å². The van der Waals surface area contributed by atoms with E-state index in [2.05, 4.69) is 10.3 Å². The molecule has 2 rings (SSSR count). The van der Waals surface area contributed by atoms with Crippen LogP contribution in [0.15, 0.2) is 24.3 Å². The summed E-state index contributed by atoms with van der Waals surface area (Å²) in [7, 11) is 0. The Labute approximate surface area is 109 Å². The van der Waals surface area contributed by atoms with Gasteiger partial charge in [-0.1, -0.05) is 0 Å². The Hall–Kier alpha value is -1.95. The van der Waals surface area contributed by atoms with Gasteiger partial charge < -0.3 is 5.32 Å². The largest absolute Gasteiger partial charge is 0.370 e. The highest BCUT2D eigenvalue weighted by Gasteiger charge is 2.18. The molecule has 0 bridgehead atoms. The summed E-state index contributed by atoms with van der Waals surface area (Å²) in [4.78, 5) is 16.9. The number of rotatable bonds is 4. The number of hydrogen-bond donors (Lipinski definition) is 1. The Bertz CT molecular complexity index is 580. The molecule has 0 aromatic carbocycles. The van der Waals surface area contributed by atoms with Crippen LogP contribution in [0.4, 0.5) is 11.5 Å². The zero-order chi connectivity index (χ0) is 13.1. The predicted molar refractivity (Wildman–Crippen MR) is 73.1 cm³/mol. The van der Waals surface area contributed by atoms with Crippen LogP contribution in [0.3, 0.4) is 0 Å². The van der Waals surface area contributed by atoms with Crippen molar-refractivity contribution in [2.24, 2.45) is 0 Å². The molecule has 0 atom stereocenters. The smallest absolute Gasteiger partial charge is 0.296 e. The third-order valence-electron chi connectivity index (χ3n) is 2.40. The van der Waals surface area contributed by atoms with Gasteiger partial charge in [-0.2, -0.15) is 0 Å². The molecule has 0 radical (unpaired) electrons. The number of aromatic nitrogens is 1. The van der Waals surface area contributed by atoms with Gasteiger partial charge in [0, 0.05) is 17.5 Å². The average molecular weight is 263 g/mol. The topological polar surface area (TPSA) is 68.1 Å². The van der Waals surface area contributed by atoms with Crippen LogP contribution >= 0.6 is 11.3 Å². The fourth-order valence-electron chi connectivity index (χ4n) is 1.62. The highest BCUT2D eigenvalue weighted by atomic mass is 32.1. The Morgan fingerprint density at radius 3 is 2.72 bits per heavy atom. The van der Waals surface area contributed by atoms with E-state index in [4.69, 9.17) is 0 Å². The molecule has 0 saturated heterocycles. The van der Waals surface area contributed by atoms with Crippen molar-refractivity contribution >= 4 is 22.8 Å². The molecule has 0 aliphatic rings. The second kappa shape index (κ2) is 5.14. The summed E-state index contributed by atoms with van der Waals surface area (Å²) in [5.41, 5.74) is 0.468. The number of nitrogens with one attached hydrogen (secondary N) is 1. The van der Waals surface area contributed by atoms with E-state index in [0.29, 0.717) is 11.5 Å². The van der Waals surface area contributed by atoms with Gasteiger partial charge in [0.05, 0.1) is 9.80 Å². The standard InChI is InChI=1S/C12H13N3O2S/c1-3-13-11-7-5-9(15(16)17)12(14-11)10-6-4-8(2)18-10/h4-7H,3H2,1-2H3,(H,13,14). The van der Waals surface area contributed by atoms with Gasteiger partial charge in [-0.3, -0.25) is 10.1 Å². The van der Waals surface area contributed by atoms with Crippen molar-refractivity contribution in [3.63, 3.8) is 0 Å². The first kappa shape index (κ1) is 12.5.